The summed E-state index contributed by atoms with van der Waals surface area (Å²) in [5.74, 6) is 1.50. The van der Waals surface area contributed by atoms with Gasteiger partial charge in [0, 0.05) is 25.1 Å². The second-order valence-electron chi connectivity index (χ2n) is 3.55. The topological polar surface area (TPSA) is 47.0 Å². The molecule has 0 spiro atoms. The SMILES string of the molecule is CCOCC(C)Nc1cc(Cl)nc(CC)n1. The number of hydrogen-bond donors (Lipinski definition) is 1. The van der Waals surface area contributed by atoms with Gasteiger partial charge in [0.2, 0.25) is 0 Å². The molecule has 1 N–H and O–H groups in total. The smallest absolute Gasteiger partial charge is 0.134 e. The molecule has 1 aromatic rings. The van der Waals surface area contributed by atoms with Gasteiger partial charge in [-0.1, -0.05) is 18.5 Å². The first-order valence-electron chi connectivity index (χ1n) is 5.53. The van der Waals surface area contributed by atoms with E-state index in [0.717, 1.165) is 24.7 Å². The van der Waals surface area contributed by atoms with E-state index in [1.165, 1.54) is 0 Å². The molecule has 0 saturated carbocycles. The van der Waals surface area contributed by atoms with Crippen LogP contribution in [0.15, 0.2) is 6.07 Å². The van der Waals surface area contributed by atoms with Crippen LogP contribution < -0.4 is 5.32 Å². The fourth-order valence-electron chi connectivity index (χ4n) is 1.29. The van der Waals surface area contributed by atoms with Crippen LogP contribution in [0.1, 0.15) is 26.6 Å². The quantitative estimate of drug-likeness (QED) is 0.780. The van der Waals surface area contributed by atoms with Gasteiger partial charge in [0.1, 0.15) is 16.8 Å². The van der Waals surface area contributed by atoms with E-state index in [4.69, 9.17) is 16.3 Å². The number of nitrogens with one attached hydrogen (secondary N) is 1. The molecule has 1 rings (SSSR count). The maximum absolute atomic E-state index is 5.89. The molecule has 5 heteroatoms. The number of aryl methyl sites for hydroxylation is 1. The van der Waals surface area contributed by atoms with Crippen LogP contribution in [0.5, 0.6) is 0 Å². The number of rotatable bonds is 6. The summed E-state index contributed by atoms with van der Waals surface area (Å²) in [5.41, 5.74) is 0. The van der Waals surface area contributed by atoms with Crippen molar-refractivity contribution >= 4 is 17.4 Å². The minimum absolute atomic E-state index is 0.204. The Morgan fingerprint density at radius 3 is 2.81 bits per heavy atom. The molecule has 0 radical (unpaired) electrons. The molecule has 0 saturated heterocycles. The van der Waals surface area contributed by atoms with Crippen molar-refractivity contribution < 1.29 is 4.74 Å². The number of halogens is 1. The molecule has 0 aliphatic heterocycles. The molecule has 1 unspecified atom stereocenters. The molecule has 0 amide bonds. The number of aromatic nitrogens is 2. The number of anilines is 1. The molecule has 0 aromatic carbocycles. The maximum Gasteiger partial charge on any atom is 0.134 e. The zero-order valence-electron chi connectivity index (χ0n) is 9.96. The van der Waals surface area contributed by atoms with E-state index in [9.17, 15) is 0 Å². The molecule has 90 valence electrons. The van der Waals surface area contributed by atoms with Gasteiger partial charge in [0.15, 0.2) is 0 Å². The molecular formula is C11H18ClN3O. The van der Waals surface area contributed by atoms with Gasteiger partial charge in [-0.25, -0.2) is 9.97 Å². The van der Waals surface area contributed by atoms with Crippen LogP contribution in [0.3, 0.4) is 0 Å². The average molecular weight is 244 g/mol. The molecule has 0 fully saturated rings. The highest BCUT2D eigenvalue weighted by Crippen LogP contribution is 2.12. The van der Waals surface area contributed by atoms with Crippen molar-refractivity contribution in [2.75, 3.05) is 18.5 Å². The largest absolute Gasteiger partial charge is 0.380 e. The van der Waals surface area contributed by atoms with E-state index >= 15 is 0 Å². The van der Waals surface area contributed by atoms with Crippen LogP contribution in [0.2, 0.25) is 5.15 Å². The summed E-state index contributed by atoms with van der Waals surface area (Å²) in [6.45, 7) is 7.39. The van der Waals surface area contributed by atoms with Crippen LogP contribution in [-0.4, -0.2) is 29.2 Å². The molecule has 16 heavy (non-hydrogen) atoms. The van der Waals surface area contributed by atoms with E-state index in [2.05, 4.69) is 15.3 Å². The molecule has 1 atom stereocenters. The first kappa shape index (κ1) is 13.2. The summed E-state index contributed by atoms with van der Waals surface area (Å²) >= 11 is 5.89. The Morgan fingerprint density at radius 1 is 1.44 bits per heavy atom. The lowest BCUT2D eigenvalue weighted by atomic mass is 10.3. The lowest BCUT2D eigenvalue weighted by Gasteiger charge is -2.14. The highest BCUT2D eigenvalue weighted by molar-refractivity contribution is 6.29. The summed E-state index contributed by atoms with van der Waals surface area (Å²) in [7, 11) is 0. The van der Waals surface area contributed by atoms with E-state index in [1.807, 2.05) is 20.8 Å². The van der Waals surface area contributed by atoms with Gasteiger partial charge in [0.05, 0.1) is 6.61 Å². The summed E-state index contributed by atoms with van der Waals surface area (Å²) < 4.78 is 5.32. The molecular weight excluding hydrogens is 226 g/mol. The van der Waals surface area contributed by atoms with Crippen molar-refractivity contribution in [2.45, 2.75) is 33.2 Å². The normalized spacial score (nSPS) is 12.5. The summed E-state index contributed by atoms with van der Waals surface area (Å²) in [6.07, 6.45) is 0.773. The lowest BCUT2D eigenvalue weighted by Crippen LogP contribution is -2.22. The Morgan fingerprint density at radius 2 is 2.19 bits per heavy atom. The predicted molar refractivity (Wildman–Crippen MR) is 66.0 cm³/mol. The second-order valence-corrected chi connectivity index (χ2v) is 3.94. The second kappa shape index (κ2) is 6.66. The number of nitrogens with zero attached hydrogens (tertiary/aromatic N) is 2. The average Bonchev–Trinajstić information content (AvgIpc) is 2.25. The monoisotopic (exact) mass is 243 g/mol. The van der Waals surface area contributed by atoms with Crippen LogP contribution >= 0.6 is 11.6 Å². The minimum Gasteiger partial charge on any atom is -0.380 e. The van der Waals surface area contributed by atoms with Crippen molar-refractivity contribution in [3.05, 3.63) is 17.0 Å². The van der Waals surface area contributed by atoms with Crippen molar-refractivity contribution in [1.82, 2.24) is 9.97 Å². The Bertz CT molecular complexity index is 333. The summed E-state index contributed by atoms with van der Waals surface area (Å²) in [6, 6.07) is 1.93. The third-order valence-electron chi connectivity index (χ3n) is 2.02. The number of ether oxygens (including phenoxy) is 1. The van der Waals surface area contributed by atoms with Crippen molar-refractivity contribution in [3.63, 3.8) is 0 Å². The third-order valence-corrected chi connectivity index (χ3v) is 2.22. The van der Waals surface area contributed by atoms with E-state index in [1.54, 1.807) is 6.07 Å². The molecule has 0 aliphatic carbocycles. The van der Waals surface area contributed by atoms with Gasteiger partial charge in [0.25, 0.3) is 0 Å². The van der Waals surface area contributed by atoms with Crippen LogP contribution in [0.4, 0.5) is 5.82 Å². The Balaban J connectivity index is 2.61. The third kappa shape index (κ3) is 4.33. The van der Waals surface area contributed by atoms with Gasteiger partial charge < -0.3 is 10.1 Å². The van der Waals surface area contributed by atoms with Gasteiger partial charge in [-0.05, 0) is 13.8 Å². The molecule has 4 nitrogen and oxygen atoms in total. The highest BCUT2D eigenvalue weighted by Gasteiger charge is 2.05. The zero-order valence-corrected chi connectivity index (χ0v) is 10.7. The fourth-order valence-corrected chi connectivity index (χ4v) is 1.49. The van der Waals surface area contributed by atoms with Crippen molar-refractivity contribution in [1.29, 1.82) is 0 Å². The van der Waals surface area contributed by atoms with E-state index in [0.29, 0.717) is 11.8 Å². The lowest BCUT2D eigenvalue weighted by molar-refractivity contribution is 0.141. The molecule has 0 aliphatic rings. The van der Waals surface area contributed by atoms with Gasteiger partial charge in [-0.15, -0.1) is 0 Å². The molecule has 1 aromatic heterocycles. The van der Waals surface area contributed by atoms with Gasteiger partial charge in [-0.3, -0.25) is 0 Å². The Kier molecular flexibility index (Phi) is 5.49. The minimum atomic E-state index is 0.204. The first-order valence-corrected chi connectivity index (χ1v) is 5.91. The van der Waals surface area contributed by atoms with Crippen LogP contribution in [0.25, 0.3) is 0 Å². The Labute approximate surface area is 101 Å². The maximum atomic E-state index is 5.89. The van der Waals surface area contributed by atoms with Gasteiger partial charge >= 0.3 is 0 Å². The van der Waals surface area contributed by atoms with E-state index < -0.39 is 0 Å². The van der Waals surface area contributed by atoms with Crippen LogP contribution in [-0.2, 0) is 11.2 Å². The van der Waals surface area contributed by atoms with Crippen molar-refractivity contribution in [2.24, 2.45) is 0 Å². The van der Waals surface area contributed by atoms with Crippen molar-refractivity contribution in [3.8, 4) is 0 Å². The first-order chi connectivity index (χ1) is 7.65. The summed E-state index contributed by atoms with van der Waals surface area (Å²) in [4.78, 5) is 8.44. The van der Waals surface area contributed by atoms with Crippen LogP contribution in [0, 0.1) is 0 Å². The van der Waals surface area contributed by atoms with E-state index in [-0.39, 0.29) is 6.04 Å². The summed E-state index contributed by atoms with van der Waals surface area (Å²) in [5, 5.41) is 3.70. The fraction of sp³-hybridized carbons (Fsp3) is 0.636. The molecule has 1 heterocycles. The predicted octanol–water partition coefficient (Wildman–Crippen LogP) is 2.53. The Hall–Kier alpha value is -0.870. The van der Waals surface area contributed by atoms with Gasteiger partial charge in [-0.2, -0.15) is 0 Å². The number of hydrogen-bond acceptors (Lipinski definition) is 4. The highest BCUT2D eigenvalue weighted by atomic mass is 35.5. The molecule has 0 bridgehead atoms. The zero-order chi connectivity index (χ0) is 12.0. The standard InChI is InChI=1S/C11H18ClN3O/c1-4-10-14-9(12)6-11(15-10)13-8(3)7-16-5-2/h6,8H,4-5,7H2,1-3H3,(H,13,14,15).